The fraction of sp³-hybridized carbons (Fsp3) is 0.786. The third-order valence-electron chi connectivity index (χ3n) is 2.93. The van der Waals surface area contributed by atoms with Crippen molar-refractivity contribution >= 4 is 17.7 Å². The maximum Gasteiger partial charge on any atom is 0.322 e. The number of rotatable bonds is 11. The van der Waals surface area contributed by atoms with E-state index in [-0.39, 0.29) is 0 Å². The molecule has 0 saturated carbocycles. The SMILES string of the molecule is CCCNc1nc(OCC)nc(SCCN(CC)CC)n1. The van der Waals surface area contributed by atoms with Crippen molar-refractivity contribution in [3.05, 3.63) is 0 Å². The van der Waals surface area contributed by atoms with Crippen LogP contribution in [0.2, 0.25) is 0 Å². The van der Waals surface area contributed by atoms with Crippen LogP contribution in [0.1, 0.15) is 34.1 Å². The summed E-state index contributed by atoms with van der Waals surface area (Å²) in [5.74, 6) is 1.56. The largest absolute Gasteiger partial charge is 0.464 e. The van der Waals surface area contributed by atoms with E-state index in [4.69, 9.17) is 4.74 Å². The van der Waals surface area contributed by atoms with Gasteiger partial charge in [-0.3, -0.25) is 0 Å². The number of anilines is 1. The molecule has 0 fully saturated rings. The van der Waals surface area contributed by atoms with Crippen LogP contribution in [-0.4, -0.2) is 58.4 Å². The summed E-state index contributed by atoms with van der Waals surface area (Å²) in [7, 11) is 0. The van der Waals surface area contributed by atoms with E-state index >= 15 is 0 Å². The molecule has 0 aliphatic carbocycles. The van der Waals surface area contributed by atoms with Crippen molar-refractivity contribution in [2.75, 3.05) is 43.9 Å². The summed E-state index contributed by atoms with van der Waals surface area (Å²) in [6, 6.07) is 0.399. The molecule has 1 aromatic rings. The highest BCUT2D eigenvalue weighted by atomic mass is 32.2. The first-order valence-electron chi connectivity index (χ1n) is 7.71. The molecule has 1 N–H and O–H groups in total. The Bertz CT molecular complexity index is 401. The lowest BCUT2D eigenvalue weighted by Crippen LogP contribution is -2.25. The Balaban J connectivity index is 2.63. The molecule has 0 atom stereocenters. The number of hydrogen-bond acceptors (Lipinski definition) is 7. The van der Waals surface area contributed by atoms with Crippen LogP contribution in [-0.2, 0) is 0 Å². The summed E-state index contributed by atoms with van der Waals surface area (Å²) in [5.41, 5.74) is 0. The molecule has 1 rings (SSSR count). The van der Waals surface area contributed by atoms with Gasteiger partial charge in [-0.1, -0.05) is 32.5 Å². The number of ether oxygens (including phenoxy) is 1. The predicted octanol–water partition coefficient (Wildman–Crippen LogP) is 2.53. The number of aromatic nitrogens is 3. The molecular weight excluding hydrogens is 286 g/mol. The third-order valence-corrected chi connectivity index (χ3v) is 3.76. The molecule has 0 bridgehead atoms. The summed E-state index contributed by atoms with van der Waals surface area (Å²) < 4.78 is 5.41. The van der Waals surface area contributed by atoms with E-state index in [1.54, 1.807) is 11.8 Å². The Labute approximate surface area is 132 Å². The molecule has 6 nitrogen and oxygen atoms in total. The van der Waals surface area contributed by atoms with Gasteiger partial charge >= 0.3 is 6.01 Å². The highest BCUT2D eigenvalue weighted by Crippen LogP contribution is 2.17. The molecule has 1 aromatic heterocycles. The van der Waals surface area contributed by atoms with E-state index in [2.05, 4.69) is 45.9 Å². The van der Waals surface area contributed by atoms with Gasteiger partial charge in [0.25, 0.3) is 0 Å². The predicted molar refractivity (Wildman–Crippen MR) is 88.3 cm³/mol. The quantitative estimate of drug-likeness (QED) is 0.630. The van der Waals surface area contributed by atoms with Gasteiger partial charge in [-0.2, -0.15) is 15.0 Å². The van der Waals surface area contributed by atoms with Gasteiger partial charge in [0.15, 0.2) is 5.16 Å². The van der Waals surface area contributed by atoms with Crippen molar-refractivity contribution in [1.82, 2.24) is 19.9 Å². The maximum absolute atomic E-state index is 5.41. The van der Waals surface area contributed by atoms with Crippen molar-refractivity contribution in [2.24, 2.45) is 0 Å². The molecule has 0 aliphatic rings. The van der Waals surface area contributed by atoms with Crippen LogP contribution in [0.3, 0.4) is 0 Å². The normalized spacial score (nSPS) is 10.9. The average molecular weight is 313 g/mol. The topological polar surface area (TPSA) is 63.2 Å². The van der Waals surface area contributed by atoms with Crippen molar-refractivity contribution < 1.29 is 4.74 Å². The van der Waals surface area contributed by atoms with E-state index < -0.39 is 0 Å². The van der Waals surface area contributed by atoms with Crippen molar-refractivity contribution in [3.8, 4) is 6.01 Å². The Morgan fingerprint density at radius 3 is 2.48 bits per heavy atom. The van der Waals surface area contributed by atoms with Crippen molar-refractivity contribution in [3.63, 3.8) is 0 Å². The van der Waals surface area contributed by atoms with Crippen molar-refractivity contribution in [2.45, 2.75) is 39.3 Å². The van der Waals surface area contributed by atoms with Crippen LogP contribution >= 0.6 is 11.8 Å². The van der Waals surface area contributed by atoms with E-state index in [1.165, 1.54) is 0 Å². The molecule has 0 amide bonds. The van der Waals surface area contributed by atoms with Gasteiger partial charge in [-0.15, -0.1) is 0 Å². The summed E-state index contributed by atoms with van der Waals surface area (Å²) in [5, 5.41) is 3.91. The lowest BCUT2D eigenvalue weighted by Gasteiger charge is -2.17. The van der Waals surface area contributed by atoms with Gasteiger partial charge < -0.3 is 15.0 Å². The average Bonchev–Trinajstić information content (AvgIpc) is 2.50. The minimum absolute atomic E-state index is 0.399. The monoisotopic (exact) mass is 313 g/mol. The molecule has 1 heterocycles. The minimum atomic E-state index is 0.399. The first kappa shape index (κ1) is 18.0. The Hall–Kier alpha value is -1.08. The van der Waals surface area contributed by atoms with Crippen LogP contribution in [0.5, 0.6) is 6.01 Å². The second-order valence-corrected chi connectivity index (χ2v) is 5.52. The van der Waals surface area contributed by atoms with Crippen LogP contribution in [0.25, 0.3) is 0 Å². The molecular formula is C14H27N5OS. The molecule has 21 heavy (non-hydrogen) atoms. The Morgan fingerprint density at radius 1 is 1.10 bits per heavy atom. The fourth-order valence-electron chi connectivity index (χ4n) is 1.72. The van der Waals surface area contributed by atoms with E-state index in [0.29, 0.717) is 18.6 Å². The molecule has 0 radical (unpaired) electrons. The third kappa shape index (κ3) is 6.95. The molecule has 7 heteroatoms. The second kappa shape index (κ2) is 10.6. The van der Waals surface area contributed by atoms with Crippen LogP contribution < -0.4 is 10.1 Å². The first-order valence-corrected chi connectivity index (χ1v) is 8.69. The first-order chi connectivity index (χ1) is 10.2. The maximum atomic E-state index is 5.41. The molecule has 0 unspecified atom stereocenters. The minimum Gasteiger partial charge on any atom is -0.464 e. The van der Waals surface area contributed by atoms with Gasteiger partial charge in [0.2, 0.25) is 5.95 Å². The number of thioether (sulfide) groups is 1. The van der Waals surface area contributed by atoms with E-state index in [9.17, 15) is 0 Å². The van der Waals surface area contributed by atoms with Crippen LogP contribution in [0.15, 0.2) is 5.16 Å². The molecule has 0 saturated heterocycles. The second-order valence-electron chi connectivity index (χ2n) is 4.46. The summed E-state index contributed by atoms with van der Waals surface area (Å²) in [4.78, 5) is 15.4. The zero-order valence-corrected chi connectivity index (χ0v) is 14.4. The molecule has 0 aliphatic heterocycles. The lowest BCUT2D eigenvalue weighted by atomic mass is 10.5. The van der Waals surface area contributed by atoms with Gasteiger partial charge in [0.05, 0.1) is 6.61 Å². The van der Waals surface area contributed by atoms with Gasteiger partial charge in [0, 0.05) is 18.8 Å². The van der Waals surface area contributed by atoms with Crippen molar-refractivity contribution in [1.29, 1.82) is 0 Å². The van der Waals surface area contributed by atoms with Gasteiger partial charge in [-0.05, 0) is 26.4 Å². The fourth-order valence-corrected chi connectivity index (χ4v) is 2.54. The zero-order chi connectivity index (χ0) is 15.5. The van der Waals surface area contributed by atoms with E-state index in [1.807, 2.05) is 6.92 Å². The van der Waals surface area contributed by atoms with Crippen LogP contribution in [0, 0.1) is 0 Å². The number of nitrogens with one attached hydrogen (secondary N) is 1. The van der Waals surface area contributed by atoms with E-state index in [0.717, 1.165) is 43.5 Å². The summed E-state index contributed by atoms with van der Waals surface area (Å²) >= 11 is 1.64. The van der Waals surface area contributed by atoms with Gasteiger partial charge in [-0.25, -0.2) is 0 Å². The standard InChI is InChI=1S/C14H27N5OS/c1-5-9-15-12-16-13(20-8-4)18-14(17-12)21-11-10-19(6-2)7-3/h5-11H2,1-4H3,(H,15,16,17,18). The highest BCUT2D eigenvalue weighted by molar-refractivity contribution is 7.99. The Kier molecular flexibility index (Phi) is 9.09. The number of nitrogens with zero attached hydrogens (tertiary/aromatic N) is 4. The highest BCUT2D eigenvalue weighted by Gasteiger charge is 2.08. The van der Waals surface area contributed by atoms with Gasteiger partial charge in [0.1, 0.15) is 0 Å². The lowest BCUT2D eigenvalue weighted by molar-refractivity contribution is 0.308. The number of hydrogen-bond donors (Lipinski definition) is 1. The molecule has 120 valence electrons. The summed E-state index contributed by atoms with van der Waals surface area (Å²) in [6.45, 7) is 13.0. The zero-order valence-electron chi connectivity index (χ0n) is 13.6. The molecule has 0 aromatic carbocycles. The Morgan fingerprint density at radius 2 is 1.86 bits per heavy atom. The smallest absolute Gasteiger partial charge is 0.322 e. The summed E-state index contributed by atoms with van der Waals surface area (Å²) in [6.07, 6.45) is 1.03. The molecule has 0 spiro atoms. The van der Waals surface area contributed by atoms with Crippen LogP contribution in [0.4, 0.5) is 5.95 Å².